The maximum atomic E-state index is 12.4. The molecule has 0 bridgehead atoms. The van der Waals surface area contributed by atoms with Gasteiger partial charge in [-0.15, -0.1) is 0 Å². The summed E-state index contributed by atoms with van der Waals surface area (Å²) < 4.78 is 0. The lowest BCUT2D eigenvalue weighted by atomic mass is 9.90. The SMILES string of the molecule is Cc1ccc(CCC(=O)N2CCCC(C)C2CN)cc1. The second kappa shape index (κ2) is 6.89. The van der Waals surface area contributed by atoms with E-state index in [9.17, 15) is 4.79 Å². The molecule has 2 N–H and O–H groups in total. The van der Waals surface area contributed by atoms with Crippen LogP contribution >= 0.6 is 0 Å². The molecule has 110 valence electrons. The molecule has 2 rings (SSSR count). The van der Waals surface area contributed by atoms with E-state index < -0.39 is 0 Å². The monoisotopic (exact) mass is 274 g/mol. The van der Waals surface area contributed by atoms with Crippen molar-refractivity contribution in [1.82, 2.24) is 4.90 Å². The van der Waals surface area contributed by atoms with Crippen LogP contribution in [-0.2, 0) is 11.2 Å². The Morgan fingerprint density at radius 2 is 2.05 bits per heavy atom. The highest BCUT2D eigenvalue weighted by Crippen LogP contribution is 2.23. The molecule has 1 heterocycles. The molecule has 1 aromatic rings. The molecule has 0 saturated carbocycles. The van der Waals surface area contributed by atoms with E-state index in [0.717, 1.165) is 19.4 Å². The van der Waals surface area contributed by atoms with Gasteiger partial charge in [0.15, 0.2) is 0 Å². The fraction of sp³-hybridized carbons (Fsp3) is 0.588. The van der Waals surface area contributed by atoms with E-state index in [1.165, 1.54) is 17.5 Å². The third kappa shape index (κ3) is 3.60. The fourth-order valence-electron chi connectivity index (χ4n) is 3.07. The Morgan fingerprint density at radius 1 is 1.35 bits per heavy atom. The zero-order chi connectivity index (χ0) is 14.5. The predicted octanol–water partition coefficient (Wildman–Crippen LogP) is 2.51. The van der Waals surface area contributed by atoms with Crippen molar-refractivity contribution in [3.8, 4) is 0 Å². The second-order valence-electron chi connectivity index (χ2n) is 6.00. The third-order valence-corrected chi connectivity index (χ3v) is 4.43. The lowest BCUT2D eigenvalue weighted by Crippen LogP contribution is -2.51. The zero-order valence-corrected chi connectivity index (χ0v) is 12.6. The van der Waals surface area contributed by atoms with Crippen LogP contribution in [0.1, 0.15) is 37.3 Å². The molecule has 1 aliphatic heterocycles. The summed E-state index contributed by atoms with van der Waals surface area (Å²) in [4.78, 5) is 14.4. The van der Waals surface area contributed by atoms with Crippen LogP contribution < -0.4 is 5.73 Å². The number of nitrogens with two attached hydrogens (primary N) is 1. The lowest BCUT2D eigenvalue weighted by Gasteiger charge is -2.39. The van der Waals surface area contributed by atoms with E-state index >= 15 is 0 Å². The van der Waals surface area contributed by atoms with Gasteiger partial charge in [0.2, 0.25) is 5.91 Å². The number of piperidine rings is 1. The van der Waals surface area contributed by atoms with Crippen LogP contribution in [-0.4, -0.2) is 29.9 Å². The standard InChI is InChI=1S/C17H26N2O/c1-13-5-7-15(8-6-13)9-10-17(20)19-11-3-4-14(2)16(19)12-18/h5-8,14,16H,3-4,9-12,18H2,1-2H3. The Bertz CT molecular complexity index is 441. The molecule has 3 nitrogen and oxygen atoms in total. The van der Waals surface area contributed by atoms with Gasteiger partial charge < -0.3 is 10.6 Å². The van der Waals surface area contributed by atoms with E-state index in [-0.39, 0.29) is 11.9 Å². The Labute approximate surface area is 122 Å². The molecule has 1 amide bonds. The normalized spacial score (nSPS) is 22.9. The van der Waals surface area contributed by atoms with Gasteiger partial charge >= 0.3 is 0 Å². The Balaban J connectivity index is 1.92. The first kappa shape index (κ1) is 15.0. The molecule has 0 aromatic heterocycles. The number of likely N-dealkylation sites (tertiary alicyclic amines) is 1. The molecule has 1 aliphatic rings. The average molecular weight is 274 g/mol. The fourth-order valence-corrected chi connectivity index (χ4v) is 3.07. The minimum Gasteiger partial charge on any atom is -0.338 e. The highest BCUT2D eigenvalue weighted by Gasteiger charge is 2.30. The molecule has 2 unspecified atom stereocenters. The van der Waals surface area contributed by atoms with Crippen LogP contribution in [0.3, 0.4) is 0 Å². The maximum Gasteiger partial charge on any atom is 0.223 e. The number of hydrogen-bond acceptors (Lipinski definition) is 2. The van der Waals surface area contributed by atoms with Crippen molar-refractivity contribution < 1.29 is 4.79 Å². The van der Waals surface area contributed by atoms with Gasteiger partial charge in [-0.3, -0.25) is 4.79 Å². The number of carbonyl (C=O) groups excluding carboxylic acids is 1. The van der Waals surface area contributed by atoms with Crippen molar-refractivity contribution in [2.45, 2.75) is 45.6 Å². The van der Waals surface area contributed by atoms with Crippen LogP contribution in [0, 0.1) is 12.8 Å². The number of nitrogens with zero attached hydrogens (tertiary/aromatic N) is 1. The number of hydrogen-bond donors (Lipinski definition) is 1. The van der Waals surface area contributed by atoms with E-state index in [0.29, 0.717) is 18.9 Å². The Hall–Kier alpha value is -1.35. The third-order valence-electron chi connectivity index (χ3n) is 4.43. The number of rotatable bonds is 4. The number of amides is 1. The highest BCUT2D eigenvalue weighted by atomic mass is 16.2. The summed E-state index contributed by atoms with van der Waals surface area (Å²) in [6.45, 7) is 5.74. The van der Waals surface area contributed by atoms with Crippen molar-refractivity contribution in [2.24, 2.45) is 11.7 Å². The van der Waals surface area contributed by atoms with Crippen LogP contribution in [0.25, 0.3) is 0 Å². The second-order valence-corrected chi connectivity index (χ2v) is 6.00. The molecule has 1 fully saturated rings. The summed E-state index contributed by atoms with van der Waals surface area (Å²) in [5, 5.41) is 0. The van der Waals surface area contributed by atoms with Crippen molar-refractivity contribution in [3.05, 3.63) is 35.4 Å². The minimum absolute atomic E-state index is 0.231. The molecule has 0 aliphatic carbocycles. The first-order valence-electron chi connectivity index (χ1n) is 7.67. The molecule has 2 atom stereocenters. The summed E-state index contributed by atoms with van der Waals surface area (Å²) in [5.41, 5.74) is 8.34. The van der Waals surface area contributed by atoms with Gasteiger partial charge in [0.1, 0.15) is 0 Å². The molecule has 1 saturated heterocycles. The molecule has 0 spiro atoms. The van der Waals surface area contributed by atoms with Gasteiger partial charge in [-0.25, -0.2) is 0 Å². The van der Waals surface area contributed by atoms with Crippen LogP contribution in [0.2, 0.25) is 0 Å². The first-order valence-corrected chi connectivity index (χ1v) is 7.67. The largest absolute Gasteiger partial charge is 0.338 e. The Kier molecular flexibility index (Phi) is 5.18. The predicted molar refractivity (Wildman–Crippen MR) is 82.5 cm³/mol. The van der Waals surface area contributed by atoms with Gasteiger partial charge in [0.05, 0.1) is 0 Å². The van der Waals surface area contributed by atoms with E-state index in [1.807, 2.05) is 4.90 Å². The van der Waals surface area contributed by atoms with Gasteiger partial charge in [0, 0.05) is 25.6 Å². The highest BCUT2D eigenvalue weighted by molar-refractivity contribution is 5.77. The van der Waals surface area contributed by atoms with Crippen LogP contribution in [0.4, 0.5) is 0 Å². The van der Waals surface area contributed by atoms with E-state index in [2.05, 4.69) is 38.1 Å². The summed E-state index contributed by atoms with van der Waals surface area (Å²) in [6.07, 6.45) is 3.70. The number of benzene rings is 1. The maximum absolute atomic E-state index is 12.4. The van der Waals surface area contributed by atoms with Crippen molar-refractivity contribution in [2.75, 3.05) is 13.1 Å². The molecular formula is C17H26N2O. The number of carbonyl (C=O) groups is 1. The van der Waals surface area contributed by atoms with Gasteiger partial charge in [-0.2, -0.15) is 0 Å². The molecule has 3 heteroatoms. The smallest absolute Gasteiger partial charge is 0.223 e. The lowest BCUT2D eigenvalue weighted by molar-refractivity contribution is -0.136. The molecule has 0 radical (unpaired) electrons. The summed E-state index contributed by atoms with van der Waals surface area (Å²) in [6, 6.07) is 8.66. The molecule has 20 heavy (non-hydrogen) atoms. The van der Waals surface area contributed by atoms with Gasteiger partial charge in [0.25, 0.3) is 0 Å². The topological polar surface area (TPSA) is 46.3 Å². The summed E-state index contributed by atoms with van der Waals surface area (Å²) >= 11 is 0. The van der Waals surface area contributed by atoms with Crippen molar-refractivity contribution >= 4 is 5.91 Å². The quantitative estimate of drug-likeness (QED) is 0.917. The van der Waals surface area contributed by atoms with Crippen molar-refractivity contribution in [1.29, 1.82) is 0 Å². The zero-order valence-electron chi connectivity index (χ0n) is 12.6. The van der Waals surface area contributed by atoms with Crippen molar-refractivity contribution in [3.63, 3.8) is 0 Å². The summed E-state index contributed by atoms with van der Waals surface area (Å²) in [7, 11) is 0. The Morgan fingerprint density at radius 3 is 2.70 bits per heavy atom. The van der Waals surface area contributed by atoms with Crippen LogP contribution in [0.5, 0.6) is 0 Å². The average Bonchev–Trinajstić information content (AvgIpc) is 2.46. The first-order chi connectivity index (χ1) is 9.61. The van der Waals surface area contributed by atoms with Gasteiger partial charge in [-0.05, 0) is 37.7 Å². The minimum atomic E-state index is 0.231. The molecular weight excluding hydrogens is 248 g/mol. The van der Waals surface area contributed by atoms with E-state index in [4.69, 9.17) is 5.73 Å². The van der Waals surface area contributed by atoms with E-state index in [1.54, 1.807) is 0 Å². The van der Waals surface area contributed by atoms with Crippen LogP contribution in [0.15, 0.2) is 24.3 Å². The summed E-state index contributed by atoms with van der Waals surface area (Å²) in [5.74, 6) is 0.782. The molecule has 1 aromatic carbocycles. The van der Waals surface area contributed by atoms with Gasteiger partial charge in [-0.1, -0.05) is 36.8 Å². The number of aryl methyl sites for hydroxylation is 2.